The molecule has 2 atom stereocenters. The van der Waals surface area contributed by atoms with E-state index in [1.807, 2.05) is 121 Å². The van der Waals surface area contributed by atoms with Crippen LogP contribution < -0.4 is 0 Å². The summed E-state index contributed by atoms with van der Waals surface area (Å²) in [6.45, 7) is -0.207. The first-order valence-corrected chi connectivity index (χ1v) is 16.5. The Balaban J connectivity index is 1.53. The van der Waals surface area contributed by atoms with Gasteiger partial charge in [0, 0.05) is 0 Å². The Hall–Kier alpha value is -4.24. The van der Waals surface area contributed by atoms with Gasteiger partial charge in [0.15, 0.2) is 11.9 Å². The minimum Gasteiger partial charge on any atom is -0.485 e. The first kappa shape index (κ1) is 33.1. The minimum atomic E-state index is -3.69. The number of esters is 1. The zero-order valence-corrected chi connectivity index (χ0v) is 27.2. The summed E-state index contributed by atoms with van der Waals surface area (Å²) in [5, 5.41) is 11.7. The predicted molar refractivity (Wildman–Crippen MR) is 175 cm³/mol. The summed E-state index contributed by atoms with van der Waals surface area (Å²) in [7, 11) is 2.66. The molecule has 0 saturated carbocycles. The lowest BCUT2D eigenvalue weighted by Gasteiger charge is -2.37. The molecule has 1 aliphatic heterocycles. The van der Waals surface area contributed by atoms with Crippen molar-refractivity contribution in [3.63, 3.8) is 0 Å². The molecular formula is C36H39N2O7P. The third-order valence-corrected chi connectivity index (χ3v) is 10.2. The van der Waals surface area contributed by atoms with Crippen LogP contribution >= 0.6 is 7.67 Å². The van der Waals surface area contributed by atoms with Gasteiger partial charge in [-0.25, -0.2) is 18.7 Å². The van der Waals surface area contributed by atoms with Crippen LogP contribution in [0.4, 0.5) is 0 Å². The lowest BCUT2D eigenvalue weighted by Crippen LogP contribution is -2.40. The standard InChI is InChI=1S/C36H39N2O7P/c1-37(2)46(41,38(3)4)45-34-33(42-25-27-17-9-5-10-18-27)32(44-35(34)40)31(39)26-43-36(28-19-11-6-12-20-28,29-21-13-7-14-22-29)30-23-15-8-16-24-30/h5-24,31-32,39H,25-26H2,1-4H3. The second-order valence-electron chi connectivity index (χ2n) is 11.2. The van der Waals surface area contributed by atoms with Crippen LogP contribution in [0, 0.1) is 0 Å². The number of hydrogen-bond acceptors (Lipinski definition) is 7. The van der Waals surface area contributed by atoms with E-state index in [4.69, 9.17) is 18.7 Å². The summed E-state index contributed by atoms with van der Waals surface area (Å²) in [6.07, 6.45) is -2.67. The number of carbonyl (C=O) groups excluding carboxylic acids is 1. The third-order valence-electron chi connectivity index (χ3n) is 7.72. The number of ether oxygens (including phenoxy) is 3. The van der Waals surface area contributed by atoms with Crippen molar-refractivity contribution in [2.75, 3.05) is 34.8 Å². The van der Waals surface area contributed by atoms with Crippen molar-refractivity contribution in [3.8, 4) is 0 Å². The Morgan fingerprint density at radius 3 is 1.63 bits per heavy atom. The van der Waals surface area contributed by atoms with Crippen LogP contribution in [0.5, 0.6) is 0 Å². The fourth-order valence-electron chi connectivity index (χ4n) is 5.38. The Morgan fingerprint density at radius 2 is 1.20 bits per heavy atom. The maximum absolute atomic E-state index is 13.8. The summed E-state index contributed by atoms with van der Waals surface area (Å²) in [5.74, 6) is -1.30. The molecule has 9 nitrogen and oxygen atoms in total. The molecule has 1 heterocycles. The van der Waals surface area contributed by atoms with Crippen molar-refractivity contribution >= 4 is 13.6 Å². The van der Waals surface area contributed by atoms with Crippen LogP contribution in [-0.4, -0.2) is 67.4 Å². The Bertz CT molecular complexity index is 1560. The Kier molecular flexibility index (Phi) is 10.4. The smallest absolute Gasteiger partial charge is 0.395 e. The van der Waals surface area contributed by atoms with Crippen molar-refractivity contribution in [2.24, 2.45) is 0 Å². The largest absolute Gasteiger partial charge is 0.485 e. The molecule has 0 saturated heterocycles. The lowest BCUT2D eigenvalue weighted by atomic mass is 9.80. The molecule has 0 fully saturated rings. The maximum Gasteiger partial charge on any atom is 0.395 e. The quantitative estimate of drug-likeness (QED) is 0.102. The van der Waals surface area contributed by atoms with Gasteiger partial charge in [0.2, 0.25) is 0 Å². The second kappa shape index (κ2) is 14.5. The molecule has 0 radical (unpaired) electrons. The number of benzene rings is 4. The zero-order chi connectivity index (χ0) is 32.7. The fraction of sp³-hybridized carbons (Fsp3) is 0.250. The van der Waals surface area contributed by atoms with Crippen molar-refractivity contribution in [3.05, 3.63) is 155 Å². The van der Waals surface area contributed by atoms with Gasteiger partial charge in [-0.2, -0.15) is 0 Å². The lowest BCUT2D eigenvalue weighted by molar-refractivity contribution is -0.150. The number of nitrogens with zero attached hydrogens (tertiary/aromatic N) is 2. The number of hydrogen-bond donors (Lipinski definition) is 1. The predicted octanol–water partition coefficient (Wildman–Crippen LogP) is 5.96. The summed E-state index contributed by atoms with van der Waals surface area (Å²) >= 11 is 0. The number of aliphatic hydroxyl groups is 1. The molecule has 0 aliphatic carbocycles. The zero-order valence-electron chi connectivity index (χ0n) is 26.4. The molecule has 10 heteroatoms. The molecule has 46 heavy (non-hydrogen) atoms. The summed E-state index contributed by atoms with van der Waals surface area (Å²) in [4.78, 5) is 13.3. The van der Waals surface area contributed by atoms with E-state index >= 15 is 0 Å². The number of aliphatic hydroxyl groups excluding tert-OH is 1. The molecule has 1 N–H and O–H groups in total. The Labute approximate surface area is 270 Å². The molecule has 0 aromatic heterocycles. The number of rotatable bonds is 14. The SMILES string of the molecule is CN(C)P(=O)(OC1=C(OCc2ccccc2)C(C(O)COC(c2ccccc2)(c2ccccc2)c2ccccc2)OC1=O)N(C)C. The van der Waals surface area contributed by atoms with Crippen molar-refractivity contribution in [2.45, 2.75) is 24.4 Å². The van der Waals surface area contributed by atoms with E-state index in [1.165, 1.54) is 9.34 Å². The molecule has 0 spiro atoms. The first-order chi connectivity index (χ1) is 22.2. The second-order valence-corrected chi connectivity index (χ2v) is 14.0. The summed E-state index contributed by atoms with van der Waals surface area (Å²) in [5.41, 5.74) is 2.24. The van der Waals surface area contributed by atoms with Gasteiger partial charge < -0.3 is 23.8 Å². The van der Waals surface area contributed by atoms with Gasteiger partial charge in [-0.3, -0.25) is 0 Å². The highest BCUT2D eigenvalue weighted by atomic mass is 31.2. The van der Waals surface area contributed by atoms with Crippen LogP contribution in [0.2, 0.25) is 0 Å². The monoisotopic (exact) mass is 642 g/mol. The van der Waals surface area contributed by atoms with Gasteiger partial charge >= 0.3 is 13.6 Å². The van der Waals surface area contributed by atoms with Crippen molar-refractivity contribution < 1.29 is 33.2 Å². The van der Waals surface area contributed by atoms with Crippen LogP contribution in [0.25, 0.3) is 0 Å². The molecule has 2 unspecified atom stereocenters. The van der Waals surface area contributed by atoms with Crippen molar-refractivity contribution in [1.82, 2.24) is 9.34 Å². The average Bonchev–Trinajstić information content (AvgIpc) is 3.39. The van der Waals surface area contributed by atoms with E-state index < -0.39 is 31.4 Å². The average molecular weight is 643 g/mol. The molecule has 0 amide bonds. The van der Waals surface area contributed by atoms with E-state index in [2.05, 4.69) is 0 Å². The molecule has 4 aromatic rings. The van der Waals surface area contributed by atoms with Gasteiger partial charge in [-0.05, 0) is 50.4 Å². The normalized spacial score (nSPS) is 16.1. The van der Waals surface area contributed by atoms with Crippen LogP contribution in [0.1, 0.15) is 22.3 Å². The van der Waals surface area contributed by atoms with Gasteiger partial charge in [0.25, 0.3) is 5.76 Å². The molecule has 0 bridgehead atoms. The van der Waals surface area contributed by atoms with Crippen LogP contribution in [0.15, 0.2) is 133 Å². The van der Waals surface area contributed by atoms with E-state index in [0.717, 1.165) is 22.3 Å². The third kappa shape index (κ3) is 6.79. The van der Waals surface area contributed by atoms with Gasteiger partial charge in [-0.1, -0.05) is 121 Å². The van der Waals surface area contributed by atoms with Gasteiger partial charge in [-0.15, -0.1) is 0 Å². The van der Waals surface area contributed by atoms with E-state index in [0.29, 0.717) is 0 Å². The molecular weight excluding hydrogens is 603 g/mol. The van der Waals surface area contributed by atoms with E-state index in [9.17, 15) is 14.5 Å². The van der Waals surface area contributed by atoms with Gasteiger partial charge in [0.05, 0.1) is 6.61 Å². The topological polar surface area (TPSA) is 97.8 Å². The van der Waals surface area contributed by atoms with Gasteiger partial charge in [0.1, 0.15) is 18.3 Å². The van der Waals surface area contributed by atoms with Crippen LogP contribution in [0.3, 0.4) is 0 Å². The first-order valence-electron chi connectivity index (χ1n) is 14.9. The molecule has 240 valence electrons. The number of carbonyl (C=O) groups is 1. The number of cyclic esters (lactones) is 1. The van der Waals surface area contributed by atoms with E-state index in [-0.39, 0.29) is 24.7 Å². The summed E-state index contributed by atoms with van der Waals surface area (Å²) in [6, 6.07) is 38.6. The van der Waals surface area contributed by atoms with E-state index in [1.54, 1.807) is 28.2 Å². The fourth-order valence-corrected chi connectivity index (χ4v) is 6.82. The highest BCUT2D eigenvalue weighted by Gasteiger charge is 2.47. The maximum atomic E-state index is 13.8. The van der Waals surface area contributed by atoms with Crippen molar-refractivity contribution in [1.29, 1.82) is 0 Å². The molecule has 1 aliphatic rings. The molecule has 5 rings (SSSR count). The molecule has 4 aromatic carbocycles. The highest BCUT2D eigenvalue weighted by molar-refractivity contribution is 7.54. The highest BCUT2D eigenvalue weighted by Crippen LogP contribution is 2.54. The Morgan fingerprint density at radius 1 is 0.761 bits per heavy atom. The summed E-state index contributed by atoms with van der Waals surface area (Å²) < 4.78 is 41.1. The van der Waals surface area contributed by atoms with Crippen LogP contribution in [-0.2, 0) is 40.3 Å². The minimum absolute atomic E-state index is 0.0555.